The van der Waals surface area contributed by atoms with Crippen molar-refractivity contribution in [1.29, 1.82) is 0 Å². The van der Waals surface area contributed by atoms with Crippen LogP contribution in [0.3, 0.4) is 0 Å². The maximum Gasteiger partial charge on any atom is 0.254 e. The molecule has 3 aromatic rings. The number of aromatic nitrogens is 1. The Morgan fingerprint density at radius 3 is 2.83 bits per heavy atom. The van der Waals surface area contributed by atoms with Gasteiger partial charge in [0, 0.05) is 23.6 Å². The molecule has 1 atom stereocenters. The third-order valence-corrected chi connectivity index (χ3v) is 4.89. The van der Waals surface area contributed by atoms with Crippen LogP contribution in [0, 0.1) is 5.82 Å². The van der Waals surface area contributed by atoms with Crippen molar-refractivity contribution >= 4 is 34.3 Å². The van der Waals surface area contributed by atoms with Crippen molar-refractivity contribution in [2.45, 2.75) is 18.9 Å². The minimum absolute atomic E-state index is 0.173. The molecule has 0 saturated heterocycles. The lowest BCUT2D eigenvalue weighted by Crippen LogP contribution is -2.44. The second kappa shape index (κ2) is 7.75. The van der Waals surface area contributed by atoms with Crippen LogP contribution in [-0.2, 0) is 16.0 Å². The summed E-state index contributed by atoms with van der Waals surface area (Å²) in [4.78, 5) is 40.0. The third kappa shape index (κ3) is 3.96. The van der Waals surface area contributed by atoms with Crippen molar-refractivity contribution in [2.24, 2.45) is 0 Å². The van der Waals surface area contributed by atoms with E-state index in [2.05, 4.69) is 20.9 Å². The first-order valence-corrected chi connectivity index (χ1v) is 9.24. The number of H-pyrrole nitrogens is 1. The number of aromatic amines is 1. The molecule has 0 spiro atoms. The lowest BCUT2D eigenvalue weighted by molar-refractivity contribution is -0.125. The highest BCUT2D eigenvalue weighted by Crippen LogP contribution is 2.20. The standard InChI is InChI=1S/C21H19FN4O3/c22-13-5-6-16-15(9-13)12(11-24-16)7-8-23-19(27)10-18-21(29)25-17-4-2-1-3-14(17)20(28)26-18/h1-6,9,11,18,24H,7-8,10H2,(H,23,27)(H,25,29)(H,26,28)/t18-/m0/s1. The van der Waals surface area contributed by atoms with E-state index in [-0.39, 0.29) is 18.1 Å². The highest BCUT2D eigenvalue weighted by molar-refractivity contribution is 6.10. The highest BCUT2D eigenvalue weighted by Gasteiger charge is 2.29. The molecule has 8 heteroatoms. The van der Waals surface area contributed by atoms with E-state index in [0.29, 0.717) is 24.2 Å². The number of anilines is 1. The molecule has 0 unspecified atom stereocenters. The molecular formula is C21H19FN4O3. The van der Waals surface area contributed by atoms with Crippen molar-refractivity contribution in [3.8, 4) is 0 Å². The minimum atomic E-state index is -0.961. The number of nitrogens with one attached hydrogen (secondary N) is 4. The van der Waals surface area contributed by atoms with E-state index in [9.17, 15) is 18.8 Å². The Morgan fingerprint density at radius 2 is 1.97 bits per heavy atom. The Morgan fingerprint density at radius 1 is 1.14 bits per heavy atom. The second-order valence-corrected chi connectivity index (χ2v) is 6.87. The topological polar surface area (TPSA) is 103 Å². The fourth-order valence-corrected chi connectivity index (χ4v) is 3.41. The zero-order chi connectivity index (χ0) is 20.4. The number of amides is 3. The summed E-state index contributed by atoms with van der Waals surface area (Å²) in [6, 6.07) is 10.2. The van der Waals surface area contributed by atoms with Crippen LogP contribution in [0.2, 0.25) is 0 Å². The average molecular weight is 394 g/mol. The number of carbonyl (C=O) groups is 3. The number of hydrogen-bond donors (Lipinski definition) is 4. The second-order valence-electron chi connectivity index (χ2n) is 6.87. The number of benzene rings is 2. The first kappa shape index (κ1) is 18.7. The van der Waals surface area contributed by atoms with Crippen molar-refractivity contribution < 1.29 is 18.8 Å². The van der Waals surface area contributed by atoms with Crippen molar-refractivity contribution in [3.05, 3.63) is 65.6 Å². The molecule has 3 amide bonds. The fraction of sp³-hybridized carbons (Fsp3) is 0.190. The summed E-state index contributed by atoms with van der Waals surface area (Å²) < 4.78 is 13.4. The normalized spacial score (nSPS) is 16.0. The van der Waals surface area contributed by atoms with Crippen molar-refractivity contribution in [2.75, 3.05) is 11.9 Å². The molecule has 1 aliphatic rings. The largest absolute Gasteiger partial charge is 0.361 e. The number of hydrogen-bond acceptors (Lipinski definition) is 3. The Balaban J connectivity index is 1.34. The van der Waals surface area contributed by atoms with Gasteiger partial charge in [0.1, 0.15) is 11.9 Å². The molecule has 1 aromatic heterocycles. The number of rotatable bonds is 5. The lowest BCUT2D eigenvalue weighted by atomic mass is 10.1. The number of fused-ring (bicyclic) bond motifs is 2. The molecular weight excluding hydrogens is 375 g/mol. The monoisotopic (exact) mass is 394 g/mol. The molecule has 7 nitrogen and oxygen atoms in total. The van der Waals surface area contributed by atoms with E-state index in [1.165, 1.54) is 12.1 Å². The van der Waals surface area contributed by atoms with Gasteiger partial charge in [0.15, 0.2) is 0 Å². The predicted octanol–water partition coefficient (Wildman–Crippen LogP) is 2.11. The van der Waals surface area contributed by atoms with Crippen LogP contribution in [0.15, 0.2) is 48.7 Å². The van der Waals surface area contributed by atoms with Gasteiger partial charge in [-0.05, 0) is 42.3 Å². The van der Waals surface area contributed by atoms with Crippen LogP contribution in [0.5, 0.6) is 0 Å². The molecule has 0 aliphatic carbocycles. The van der Waals surface area contributed by atoms with E-state index >= 15 is 0 Å². The van der Waals surface area contributed by atoms with Gasteiger partial charge in [-0.3, -0.25) is 14.4 Å². The number of carbonyl (C=O) groups excluding carboxylic acids is 3. The Bertz CT molecular complexity index is 1110. The van der Waals surface area contributed by atoms with Gasteiger partial charge in [0.2, 0.25) is 11.8 Å². The van der Waals surface area contributed by atoms with Gasteiger partial charge in [-0.25, -0.2) is 4.39 Å². The van der Waals surface area contributed by atoms with Gasteiger partial charge in [0.25, 0.3) is 5.91 Å². The molecule has 2 heterocycles. The molecule has 2 aromatic carbocycles. The summed E-state index contributed by atoms with van der Waals surface area (Å²) in [7, 11) is 0. The molecule has 0 saturated carbocycles. The molecule has 29 heavy (non-hydrogen) atoms. The van der Waals surface area contributed by atoms with E-state index in [1.54, 1.807) is 36.5 Å². The SMILES string of the molecule is O=C(C[C@@H]1NC(=O)c2ccccc2NC1=O)NCCc1c[nH]c2ccc(F)cc12. The summed E-state index contributed by atoms with van der Waals surface area (Å²) in [6.45, 7) is 0.324. The lowest BCUT2D eigenvalue weighted by Gasteiger charge is -2.14. The van der Waals surface area contributed by atoms with Gasteiger partial charge in [-0.2, -0.15) is 0 Å². The molecule has 0 radical (unpaired) electrons. The number of halogens is 1. The zero-order valence-electron chi connectivity index (χ0n) is 15.4. The highest BCUT2D eigenvalue weighted by atomic mass is 19.1. The maximum absolute atomic E-state index is 13.4. The fourth-order valence-electron chi connectivity index (χ4n) is 3.41. The van der Waals surface area contributed by atoms with Crippen LogP contribution in [0.1, 0.15) is 22.3 Å². The summed E-state index contributed by atoms with van der Waals surface area (Å²) in [5.41, 5.74) is 2.49. The van der Waals surface area contributed by atoms with Crippen LogP contribution in [0.25, 0.3) is 10.9 Å². The van der Waals surface area contributed by atoms with E-state index in [4.69, 9.17) is 0 Å². The van der Waals surface area contributed by atoms with Crippen molar-refractivity contribution in [3.63, 3.8) is 0 Å². The van der Waals surface area contributed by atoms with Crippen LogP contribution in [-0.4, -0.2) is 35.3 Å². The predicted molar refractivity (Wildman–Crippen MR) is 106 cm³/mol. The van der Waals surface area contributed by atoms with Gasteiger partial charge < -0.3 is 20.9 Å². The minimum Gasteiger partial charge on any atom is -0.361 e. The van der Waals surface area contributed by atoms with Crippen LogP contribution in [0.4, 0.5) is 10.1 Å². The average Bonchev–Trinajstić information content (AvgIpc) is 3.04. The first-order valence-electron chi connectivity index (χ1n) is 9.24. The quantitative estimate of drug-likeness (QED) is 0.533. The third-order valence-electron chi connectivity index (χ3n) is 4.89. The molecule has 148 valence electrons. The summed E-state index contributed by atoms with van der Waals surface area (Å²) in [5.74, 6) is -1.52. The maximum atomic E-state index is 13.4. The Hall–Kier alpha value is -3.68. The molecule has 0 fully saturated rings. The molecule has 0 bridgehead atoms. The smallest absolute Gasteiger partial charge is 0.254 e. The van der Waals surface area contributed by atoms with E-state index in [1.807, 2.05) is 0 Å². The summed E-state index contributed by atoms with van der Waals surface area (Å²) in [6.07, 6.45) is 2.12. The van der Waals surface area contributed by atoms with Gasteiger partial charge in [0.05, 0.1) is 17.7 Å². The Labute approximate surface area is 165 Å². The van der Waals surface area contributed by atoms with Crippen LogP contribution >= 0.6 is 0 Å². The van der Waals surface area contributed by atoms with Crippen LogP contribution < -0.4 is 16.0 Å². The van der Waals surface area contributed by atoms with Crippen molar-refractivity contribution in [1.82, 2.24) is 15.6 Å². The summed E-state index contributed by atoms with van der Waals surface area (Å²) in [5, 5.41) is 8.78. The number of para-hydroxylation sites is 1. The molecule has 4 N–H and O–H groups in total. The van der Waals surface area contributed by atoms with Gasteiger partial charge in [-0.15, -0.1) is 0 Å². The molecule has 1 aliphatic heterocycles. The van der Waals surface area contributed by atoms with E-state index in [0.717, 1.165) is 16.5 Å². The van der Waals surface area contributed by atoms with Gasteiger partial charge in [-0.1, -0.05) is 12.1 Å². The van der Waals surface area contributed by atoms with E-state index < -0.39 is 17.9 Å². The zero-order valence-corrected chi connectivity index (χ0v) is 15.4. The molecule has 4 rings (SSSR count). The Kier molecular flexibility index (Phi) is 4.99. The first-order chi connectivity index (χ1) is 14.0. The van der Waals surface area contributed by atoms with Gasteiger partial charge >= 0.3 is 0 Å². The summed E-state index contributed by atoms with van der Waals surface area (Å²) >= 11 is 0.